The van der Waals surface area contributed by atoms with E-state index in [1.165, 1.54) is 12.0 Å². The summed E-state index contributed by atoms with van der Waals surface area (Å²) in [6.45, 7) is 1.58. The Morgan fingerprint density at radius 3 is 3.13 bits per heavy atom. The molecule has 1 fully saturated rings. The fraction of sp³-hybridized carbons (Fsp3) is 0.500. The second kappa shape index (κ2) is 3.13. The van der Waals surface area contributed by atoms with E-state index >= 15 is 0 Å². The van der Waals surface area contributed by atoms with E-state index in [1.807, 2.05) is 12.1 Å². The molecule has 1 aromatic carbocycles. The number of nitrogens with two attached hydrogens (primary N) is 1. The van der Waals surface area contributed by atoms with Gasteiger partial charge < -0.3 is 10.5 Å². The van der Waals surface area contributed by atoms with Crippen LogP contribution >= 0.6 is 11.6 Å². The summed E-state index contributed by atoms with van der Waals surface area (Å²) in [6.07, 6.45) is 2.31. The van der Waals surface area contributed by atoms with Crippen LogP contribution in [-0.2, 0) is 5.41 Å². The first-order valence-electron chi connectivity index (χ1n) is 5.39. The van der Waals surface area contributed by atoms with E-state index in [2.05, 4.69) is 6.07 Å². The highest BCUT2D eigenvalue weighted by Gasteiger charge is 2.56. The van der Waals surface area contributed by atoms with Crippen molar-refractivity contribution in [1.82, 2.24) is 0 Å². The molecule has 0 radical (unpaired) electrons. The predicted octanol–water partition coefficient (Wildman–Crippen LogP) is 2.34. The molecule has 2 atom stereocenters. The molecule has 2 N–H and O–H groups in total. The molecular weight excluding hydrogens is 210 g/mol. The molecule has 2 aliphatic rings. The largest absolute Gasteiger partial charge is 0.493 e. The van der Waals surface area contributed by atoms with E-state index in [0.29, 0.717) is 11.3 Å². The lowest BCUT2D eigenvalue weighted by Gasteiger charge is -2.27. The zero-order chi connectivity index (χ0) is 10.5. The molecule has 0 bridgehead atoms. The summed E-state index contributed by atoms with van der Waals surface area (Å²) in [7, 11) is 0. The van der Waals surface area contributed by atoms with Crippen molar-refractivity contribution in [1.29, 1.82) is 0 Å². The maximum Gasteiger partial charge on any atom is 0.124 e. The van der Waals surface area contributed by atoms with Crippen LogP contribution in [0.5, 0.6) is 5.75 Å². The van der Waals surface area contributed by atoms with Gasteiger partial charge >= 0.3 is 0 Å². The number of fused-ring (bicyclic) bond motifs is 2. The number of hydrogen-bond acceptors (Lipinski definition) is 2. The molecule has 1 aliphatic carbocycles. The summed E-state index contributed by atoms with van der Waals surface area (Å²) < 4.78 is 5.65. The van der Waals surface area contributed by atoms with Crippen molar-refractivity contribution in [3.05, 3.63) is 28.8 Å². The van der Waals surface area contributed by atoms with Gasteiger partial charge in [0.05, 0.1) is 6.61 Å². The summed E-state index contributed by atoms with van der Waals surface area (Å²) >= 11 is 5.96. The number of halogens is 1. The number of rotatable bonds is 1. The lowest BCUT2D eigenvalue weighted by atomic mass is 9.87. The van der Waals surface area contributed by atoms with E-state index in [4.69, 9.17) is 22.1 Å². The smallest absolute Gasteiger partial charge is 0.124 e. The third-order valence-corrected chi connectivity index (χ3v) is 4.04. The van der Waals surface area contributed by atoms with Crippen molar-refractivity contribution in [3.63, 3.8) is 0 Å². The molecule has 0 saturated heterocycles. The van der Waals surface area contributed by atoms with E-state index in [-0.39, 0.29) is 0 Å². The standard InChI is InChI=1S/C12H14ClNO/c13-9-1-2-10-11(5-9)15-4-3-12(10)6-8(12)7-14/h1-2,5,8H,3-4,6-7,14H2. The fourth-order valence-electron chi connectivity index (χ4n) is 2.83. The number of benzene rings is 1. The average molecular weight is 224 g/mol. The zero-order valence-corrected chi connectivity index (χ0v) is 9.26. The van der Waals surface area contributed by atoms with E-state index in [1.54, 1.807) is 0 Å². The number of ether oxygens (including phenoxy) is 1. The molecule has 15 heavy (non-hydrogen) atoms. The van der Waals surface area contributed by atoms with Crippen LogP contribution in [0.2, 0.25) is 5.02 Å². The van der Waals surface area contributed by atoms with Crippen molar-refractivity contribution >= 4 is 11.6 Å². The monoisotopic (exact) mass is 223 g/mol. The molecule has 1 saturated carbocycles. The van der Waals surface area contributed by atoms with Gasteiger partial charge in [0, 0.05) is 16.0 Å². The molecule has 2 unspecified atom stereocenters. The van der Waals surface area contributed by atoms with Gasteiger partial charge in [0.25, 0.3) is 0 Å². The van der Waals surface area contributed by atoms with E-state index in [9.17, 15) is 0 Å². The first kappa shape index (κ1) is 9.49. The topological polar surface area (TPSA) is 35.2 Å². The van der Waals surface area contributed by atoms with Crippen LogP contribution < -0.4 is 10.5 Å². The molecule has 80 valence electrons. The van der Waals surface area contributed by atoms with Crippen LogP contribution in [-0.4, -0.2) is 13.2 Å². The first-order valence-corrected chi connectivity index (χ1v) is 5.77. The predicted molar refractivity (Wildman–Crippen MR) is 60.4 cm³/mol. The van der Waals surface area contributed by atoms with Crippen molar-refractivity contribution in [2.75, 3.05) is 13.2 Å². The van der Waals surface area contributed by atoms with Gasteiger partial charge in [-0.15, -0.1) is 0 Å². The van der Waals surface area contributed by atoms with Crippen molar-refractivity contribution in [2.24, 2.45) is 11.7 Å². The SMILES string of the molecule is NCC1CC12CCOc1cc(Cl)ccc12. The normalized spacial score (nSPS) is 32.3. The third kappa shape index (κ3) is 1.28. The summed E-state index contributed by atoms with van der Waals surface area (Å²) in [4.78, 5) is 0. The Kier molecular flexibility index (Phi) is 1.98. The summed E-state index contributed by atoms with van der Waals surface area (Å²) in [5.74, 6) is 1.60. The molecule has 1 spiro atoms. The molecular formula is C12H14ClNO. The molecule has 3 rings (SSSR count). The Morgan fingerprint density at radius 2 is 2.40 bits per heavy atom. The minimum Gasteiger partial charge on any atom is -0.493 e. The summed E-state index contributed by atoms with van der Waals surface area (Å²) in [5.41, 5.74) is 7.39. The maximum atomic E-state index is 5.96. The van der Waals surface area contributed by atoms with Gasteiger partial charge in [-0.3, -0.25) is 0 Å². The van der Waals surface area contributed by atoms with Gasteiger partial charge in [0.1, 0.15) is 5.75 Å². The highest BCUT2D eigenvalue weighted by atomic mass is 35.5. The number of hydrogen-bond donors (Lipinski definition) is 1. The van der Waals surface area contributed by atoms with Crippen LogP contribution in [0.1, 0.15) is 18.4 Å². The Hall–Kier alpha value is -0.730. The van der Waals surface area contributed by atoms with Gasteiger partial charge in [0.15, 0.2) is 0 Å². The minimum absolute atomic E-state index is 0.312. The van der Waals surface area contributed by atoms with Gasteiger partial charge in [-0.1, -0.05) is 17.7 Å². The second-order valence-electron chi connectivity index (χ2n) is 4.53. The Morgan fingerprint density at radius 1 is 1.53 bits per heavy atom. The van der Waals surface area contributed by atoms with Crippen LogP contribution in [0.3, 0.4) is 0 Å². The second-order valence-corrected chi connectivity index (χ2v) is 4.97. The van der Waals surface area contributed by atoms with E-state index in [0.717, 1.165) is 30.3 Å². The Bertz CT molecular complexity index is 407. The molecule has 1 aromatic rings. The highest BCUT2D eigenvalue weighted by molar-refractivity contribution is 6.30. The Balaban J connectivity index is 2.05. The van der Waals surface area contributed by atoms with Gasteiger partial charge in [-0.05, 0) is 37.4 Å². The van der Waals surface area contributed by atoms with Crippen LogP contribution in [0.4, 0.5) is 0 Å². The van der Waals surface area contributed by atoms with Crippen LogP contribution in [0, 0.1) is 5.92 Å². The Labute approximate surface area is 94.4 Å². The van der Waals surface area contributed by atoms with Gasteiger partial charge in [-0.2, -0.15) is 0 Å². The quantitative estimate of drug-likeness (QED) is 0.793. The van der Waals surface area contributed by atoms with Gasteiger partial charge in [0.2, 0.25) is 0 Å². The first-order chi connectivity index (χ1) is 7.26. The molecule has 0 amide bonds. The molecule has 1 aliphatic heterocycles. The zero-order valence-electron chi connectivity index (χ0n) is 8.50. The molecule has 2 nitrogen and oxygen atoms in total. The van der Waals surface area contributed by atoms with Crippen molar-refractivity contribution < 1.29 is 4.74 Å². The van der Waals surface area contributed by atoms with Crippen molar-refractivity contribution in [2.45, 2.75) is 18.3 Å². The summed E-state index contributed by atoms with van der Waals surface area (Å²) in [5, 5.41) is 0.746. The third-order valence-electron chi connectivity index (χ3n) is 3.80. The highest BCUT2D eigenvalue weighted by Crippen LogP contribution is 2.60. The maximum absolute atomic E-state index is 5.96. The molecule has 1 heterocycles. The summed E-state index contributed by atoms with van der Waals surface area (Å²) in [6, 6.07) is 5.97. The van der Waals surface area contributed by atoms with Crippen LogP contribution in [0.15, 0.2) is 18.2 Å². The average Bonchev–Trinajstić information content (AvgIpc) is 2.92. The molecule has 0 aromatic heterocycles. The lowest BCUT2D eigenvalue weighted by Crippen LogP contribution is -2.24. The van der Waals surface area contributed by atoms with E-state index < -0.39 is 0 Å². The van der Waals surface area contributed by atoms with Gasteiger partial charge in [-0.25, -0.2) is 0 Å². The lowest BCUT2D eigenvalue weighted by molar-refractivity contribution is 0.254. The molecule has 3 heteroatoms. The fourth-order valence-corrected chi connectivity index (χ4v) is 2.99. The van der Waals surface area contributed by atoms with Crippen molar-refractivity contribution in [3.8, 4) is 5.75 Å². The minimum atomic E-state index is 0.312. The van der Waals surface area contributed by atoms with Crippen LogP contribution in [0.25, 0.3) is 0 Å².